The van der Waals surface area contributed by atoms with Gasteiger partial charge >= 0.3 is 12.1 Å². The Morgan fingerprint density at radius 2 is 1.61 bits per heavy atom. The molecule has 1 fully saturated rings. The number of ether oxygens (including phenoxy) is 1. The summed E-state index contributed by atoms with van der Waals surface area (Å²) in [5.41, 5.74) is 3.33. The summed E-state index contributed by atoms with van der Waals surface area (Å²) in [6.45, 7) is 3.15. The fraction of sp³-hybridized carbons (Fsp3) is 0.423. The molecule has 0 spiro atoms. The van der Waals surface area contributed by atoms with Gasteiger partial charge in [-0.1, -0.05) is 55.0 Å². The minimum atomic E-state index is -1.33. The molecule has 33 heavy (non-hydrogen) atoms. The highest BCUT2D eigenvalue weighted by molar-refractivity contribution is 5.86. The van der Waals surface area contributed by atoms with E-state index in [9.17, 15) is 19.5 Å². The lowest BCUT2D eigenvalue weighted by molar-refractivity contribution is -0.146. The van der Waals surface area contributed by atoms with Crippen molar-refractivity contribution >= 4 is 18.0 Å². The standard InChI is InChI=1S/C26H30N2O5/c1-26(2,24(30)31)28-23(29)14-16-8-7-13-22(16)27-25(32)33-15-21-19-11-5-3-9-17(19)18-10-4-6-12-20(18)21/h3-6,9-12,16,21-22H,7-8,13-15H2,1-2H3,(H,27,32)(H,28,29)(H,30,31)/t16-,22+/m0/s1. The van der Waals surface area contributed by atoms with Crippen LogP contribution >= 0.6 is 0 Å². The van der Waals surface area contributed by atoms with Crippen LogP contribution in [0.4, 0.5) is 4.79 Å². The normalized spacial score (nSPS) is 19.5. The van der Waals surface area contributed by atoms with Crippen LogP contribution in [-0.4, -0.2) is 41.3 Å². The van der Waals surface area contributed by atoms with Crippen molar-refractivity contribution in [1.82, 2.24) is 10.6 Å². The predicted octanol–water partition coefficient (Wildman–Crippen LogP) is 4.06. The Balaban J connectivity index is 1.34. The van der Waals surface area contributed by atoms with Crippen molar-refractivity contribution in [2.75, 3.05) is 6.61 Å². The summed E-state index contributed by atoms with van der Waals surface area (Å²) in [6.07, 6.45) is 2.15. The minimum Gasteiger partial charge on any atom is -0.480 e. The first kappa shape index (κ1) is 22.8. The number of hydrogen-bond acceptors (Lipinski definition) is 4. The van der Waals surface area contributed by atoms with Crippen molar-refractivity contribution in [1.29, 1.82) is 0 Å². The summed E-state index contributed by atoms with van der Waals surface area (Å²) >= 11 is 0. The third-order valence-corrected chi connectivity index (χ3v) is 6.74. The van der Waals surface area contributed by atoms with Gasteiger partial charge in [0.25, 0.3) is 0 Å². The monoisotopic (exact) mass is 450 g/mol. The van der Waals surface area contributed by atoms with E-state index < -0.39 is 17.6 Å². The Morgan fingerprint density at radius 3 is 2.21 bits per heavy atom. The van der Waals surface area contributed by atoms with E-state index in [-0.39, 0.29) is 36.8 Å². The molecule has 0 saturated heterocycles. The van der Waals surface area contributed by atoms with E-state index in [2.05, 4.69) is 34.9 Å². The molecule has 7 nitrogen and oxygen atoms in total. The quantitative estimate of drug-likeness (QED) is 0.590. The van der Waals surface area contributed by atoms with Crippen LogP contribution < -0.4 is 10.6 Å². The maximum Gasteiger partial charge on any atom is 0.407 e. The summed E-state index contributed by atoms with van der Waals surface area (Å²) in [6, 6.07) is 16.2. The maximum absolute atomic E-state index is 12.6. The van der Waals surface area contributed by atoms with Crippen LogP contribution in [-0.2, 0) is 14.3 Å². The van der Waals surface area contributed by atoms with Crippen LogP contribution in [0.15, 0.2) is 48.5 Å². The van der Waals surface area contributed by atoms with Crippen molar-refractivity contribution in [2.24, 2.45) is 5.92 Å². The van der Waals surface area contributed by atoms with Gasteiger partial charge in [-0.15, -0.1) is 0 Å². The fourth-order valence-electron chi connectivity index (χ4n) is 4.95. The molecule has 2 aromatic rings. The molecule has 7 heteroatoms. The highest BCUT2D eigenvalue weighted by atomic mass is 16.5. The molecule has 0 bridgehead atoms. The van der Waals surface area contributed by atoms with E-state index in [1.165, 1.54) is 25.0 Å². The first-order chi connectivity index (χ1) is 15.8. The molecule has 0 radical (unpaired) electrons. The van der Waals surface area contributed by atoms with Gasteiger partial charge in [-0.05, 0) is 54.9 Å². The third-order valence-electron chi connectivity index (χ3n) is 6.74. The number of rotatable bonds is 7. The summed E-state index contributed by atoms with van der Waals surface area (Å²) in [4.78, 5) is 36.2. The van der Waals surface area contributed by atoms with Gasteiger partial charge in [0.2, 0.25) is 5.91 Å². The highest BCUT2D eigenvalue weighted by Gasteiger charge is 2.35. The maximum atomic E-state index is 12.6. The zero-order valence-electron chi connectivity index (χ0n) is 19.0. The lowest BCUT2D eigenvalue weighted by Gasteiger charge is -2.24. The summed E-state index contributed by atoms with van der Waals surface area (Å²) < 4.78 is 5.64. The van der Waals surface area contributed by atoms with E-state index in [1.54, 1.807) is 0 Å². The van der Waals surface area contributed by atoms with Gasteiger partial charge in [0.1, 0.15) is 12.1 Å². The van der Waals surface area contributed by atoms with Crippen LogP contribution in [0.1, 0.15) is 56.6 Å². The Kier molecular flexibility index (Phi) is 6.40. The number of aliphatic carboxylic acids is 1. The highest BCUT2D eigenvalue weighted by Crippen LogP contribution is 2.44. The number of amides is 2. The molecular weight excluding hydrogens is 420 g/mol. The summed E-state index contributed by atoms with van der Waals surface area (Å²) in [7, 11) is 0. The Hall–Kier alpha value is -3.35. The lowest BCUT2D eigenvalue weighted by Crippen LogP contribution is -2.50. The zero-order chi connectivity index (χ0) is 23.6. The topological polar surface area (TPSA) is 105 Å². The van der Waals surface area contributed by atoms with Gasteiger partial charge < -0.3 is 20.5 Å². The van der Waals surface area contributed by atoms with E-state index in [0.29, 0.717) is 0 Å². The SMILES string of the molecule is CC(C)(NC(=O)C[C@@H]1CCC[C@H]1NC(=O)OCC1c2ccccc2-c2ccccc21)C(=O)O. The number of hydrogen-bond donors (Lipinski definition) is 3. The number of alkyl carbamates (subject to hydrolysis) is 1. The van der Waals surface area contributed by atoms with Crippen LogP contribution in [0.25, 0.3) is 11.1 Å². The Bertz CT molecular complexity index is 1020. The van der Waals surface area contributed by atoms with Gasteiger partial charge in [0, 0.05) is 18.4 Å². The number of benzene rings is 2. The second-order valence-corrected chi connectivity index (χ2v) is 9.45. The molecule has 2 aliphatic carbocycles. The molecule has 0 aromatic heterocycles. The first-order valence-electron chi connectivity index (χ1n) is 11.4. The molecule has 3 N–H and O–H groups in total. The van der Waals surface area contributed by atoms with Gasteiger partial charge in [-0.2, -0.15) is 0 Å². The van der Waals surface area contributed by atoms with Crippen molar-refractivity contribution in [3.63, 3.8) is 0 Å². The molecule has 2 aromatic carbocycles. The molecule has 1 saturated carbocycles. The smallest absolute Gasteiger partial charge is 0.407 e. The molecular formula is C26H30N2O5. The lowest BCUT2D eigenvalue weighted by atomic mass is 9.97. The number of fused-ring (bicyclic) bond motifs is 3. The van der Waals surface area contributed by atoms with Crippen LogP contribution in [0.2, 0.25) is 0 Å². The average Bonchev–Trinajstić information content (AvgIpc) is 3.33. The van der Waals surface area contributed by atoms with E-state index >= 15 is 0 Å². The number of carbonyl (C=O) groups excluding carboxylic acids is 2. The second-order valence-electron chi connectivity index (χ2n) is 9.45. The summed E-state index contributed by atoms with van der Waals surface area (Å²) in [5, 5.41) is 14.7. The number of nitrogens with one attached hydrogen (secondary N) is 2. The molecule has 2 amide bonds. The molecule has 0 aliphatic heterocycles. The Morgan fingerprint density at radius 1 is 1.00 bits per heavy atom. The first-order valence-corrected chi connectivity index (χ1v) is 11.4. The van der Waals surface area contributed by atoms with Gasteiger partial charge in [-0.3, -0.25) is 4.79 Å². The molecule has 2 aliphatic rings. The molecule has 0 heterocycles. The van der Waals surface area contributed by atoms with Gasteiger partial charge in [0.05, 0.1) is 0 Å². The molecule has 4 rings (SSSR count). The fourth-order valence-corrected chi connectivity index (χ4v) is 4.95. The average molecular weight is 451 g/mol. The Labute approximate surface area is 193 Å². The molecule has 174 valence electrons. The largest absolute Gasteiger partial charge is 0.480 e. The summed E-state index contributed by atoms with van der Waals surface area (Å²) in [5.74, 6) is -1.47. The van der Waals surface area contributed by atoms with Crippen molar-refractivity contribution < 1.29 is 24.2 Å². The van der Waals surface area contributed by atoms with Crippen LogP contribution in [0.3, 0.4) is 0 Å². The minimum absolute atomic E-state index is 0.00782. The van der Waals surface area contributed by atoms with E-state index in [4.69, 9.17) is 4.74 Å². The van der Waals surface area contributed by atoms with Gasteiger partial charge in [0.15, 0.2) is 0 Å². The van der Waals surface area contributed by atoms with Crippen LogP contribution in [0.5, 0.6) is 0 Å². The van der Waals surface area contributed by atoms with Crippen LogP contribution in [0, 0.1) is 5.92 Å². The van der Waals surface area contributed by atoms with E-state index in [1.807, 2.05) is 24.3 Å². The zero-order valence-corrected chi connectivity index (χ0v) is 19.0. The molecule has 0 unspecified atom stereocenters. The molecule has 2 atom stereocenters. The van der Waals surface area contributed by atoms with Crippen molar-refractivity contribution in [3.8, 4) is 11.1 Å². The van der Waals surface area contributed by atoms with E-state index in [0.717, 1.165) is 30.4 Å². The number of carboxylic acid groups (broad SMARTS) is 1. The number of carboxylic acids is 1. The van der Waals surface area contributed by atoms with Crippen molar-refractivity contribution in [2.45, 2.75) is 57.0 Å². The van der Waals surface area contributed by atoms with Gasteiger partial charge in [-0.25, -0.2) is 9.59 Å². The third kappa shape index (κ3) is 4.87. The number of carbonyl (C=O) groups is 3. The second kappa shape index (κ2) is 9.25. The van der Waals surface area contributed by atoms with Crippen molar-refractivity contribution in [3.05, 3.63) is 59.7 Å². The predicted molar refractivity (Wildman–Crippen MR) is 124 cm³/mol.